The van der Waals surface area contributed by atoms with Crippen molar-refractivity contribution in [2.45, 2.75) is 25.4 Å². The van der Waals surface area contributed by atoms with Crippen LogP contribution in [0.25, 0.3) is 0 Å². The number of rotatable bonds is 4. The van der Waals surface area contributed by atoms with E-state index in [0.29, 0.717) is 16.6 Å². The lowest BCUT2D eigenvalue weighted by molar-refractivity contribution is 0.318. The largest absolute Gasteiger partial charge is 0.409 e. The third-order valence-corrected chi connectivity index (χ3v) is 4.77. The SMILES string of the molecule is N/C(=N/O)c1ccc(CNC2CCCSC2)c(Cl)c1. The average molecular weight is 300 g/mol. The molecule has 0 saturated carbocycles. The molecular weight excluding hydrogens is 282 g/mol. The minimum atomic E-state index is 0.0742. The summed E-state index contributed by atoms with van der Waals surface area (Å²) in [6, 6.07) is 6.02. The van der Waals surface area contributed by atoms with Crippen molar-refractivity contribution >= 4 is 29.2 Å². The van der Waals surface area contributed by atoms with Crippen molar-refractivity contribution in [3.63, 3.8) is 0 Å². The van der Waals surface area contributed by atoms with E-state index in [2.05, 4.69) is 10.5 Å². The van der Waals surface area contributed by atoms with E-state index >= 15 is 0 Å². The van der Waals surface area contributed by atoms with Crippen LogP contribution in [0.15, 0.2) is 23.4 Å². The van der Waals surface area contributed by atoms with Crippen LogP contribution in [0.2, 0.25) is 5.02 Å². The number of nitrogens with zero attached hydrogens (tertiary/aromatic N) is 1. The van der Waals surface area contributed by atoms with E-state index in [4.69, 9.17) is 22.5 Å². The first-order valence-electron chi connectivity index (χ1n) is 6.28. The molecule has 2 rings (SSSR count). The van der Waals surface area contributed by atoms with Gasteiger partial charge in [0, 0.05) is 28.9 Å². The molecule has 0 aliphatic carbocycles. The Balaban J connectivity index is 1.97. The molecule has 19 heavy (non-hydrogen) atoms. The number of halogens is 1. The Morgan fingerprint density at radius 1 is 1.58 bits per heavy atom. The van der Waals surface area contributed by atoms with Gasteiger partial charge in [-0.2, -0.15) is 11.8 Å². The van der Waals surface area contributed by atoms with Gasteiger partial charge in [-0.15, -0.1) is 0 Å². The molecular formula is C13H18ClN3OS. The highest BCUT2D eigenvalue weighted by Gasteiger charge is 2.13. The zero-order valence-corrected chi connectivity index (χ0v) is 12.2. The van der Waals surface area contributed by atoms with Crippen molar-refractivity contribution in [1.29, 1.82) is 0 Å². The first-order valence-corrected chi connectivity index (χ1v) is 7.81. The Morgan fingerprint density at radius 3 is 3.05 bits per heavy atom. The van der Waals surface area contributed by atoms with Crippen LogP contribution in [0, 0.1) is 0 Å². The van der Waals surface area contributed by atoms with Crippen LogP contribution in [-0.2, 0) is 6.54 Å². The number of hydrogen-bond donors (Lipinski definition) is 3. The van der Waals surface area contributed by atoms with Crippen LogP contribution in [0.5, 0.6) is 0 Å². The van der Waals surface area contributed by atoms with E-state index in [0.717, 1.165) is 12.1 Å². The molecule has 0 aromatic heterocycles. The third-order valence-electron chi connectivity index (χ3n) is 3.20. The summed E-state index contributed by atoms with van der Waals surface area (Å²) in [6.45, 7) is 0.751. The van der Waals surface area contributed by atoms with Crippen molar-refractivity contribution in [3.05, 3.63) is 34.3 Å². The number of amidine groups is 1. The van der Waals surface area contributed by atoms with Gasteiger partial charge >= 0.3 is 0 Å². The van der Waals surface area contributed by atoms with Crippen molar-refractivity contribution < 1.29 is 5.21 Å². The fourth-order valence-corrected chi connectivity index (χ4v) is 3.42. The topological polar surface area (TPSA) is 70.6 Å². The predicted octanol–water partition coefficient (Wildman–Crippen LogP) is 2.42. The maximum Gasteiger partial charge on any atom is 0.170 e. The number of hydrogen-bond acceptors (Lipinski definition) is 4. The van der Waals surface area contributed by atoms with Crippen LogP contribution < -0.4 is 11.1 Å². The van der Waals surface area contributed by atoms with E-state index in [1.807, 2.05) is 23.9 Å². The van der Waals surface area contributed by atoms with Gasteiger partial charge < -0.3 is 16.3 Å². The zero-order chi connectivity index (χ0) is 13.7. The maximum absolute atomic E-state index is 8.63. The molecule has 4 nitrogen and oxygen atoms in total. The Labute approximate surface area is 122 Å². The third kappa shape index (κ3) is 4.03. The van der Waals surface area contributed by atoms with Crippen molar-refractivity contribution in [2.24, 2.45) is 10.9 Å². The van der Waals surface area contributed by atoms with Gasteiger partial charge in [-0.1, -0.05) is 28.9 Å². The molecule has 1 saturated heterocycles. The first-order chi connectivity index (χ1) is 9.20. The van der Waals surface area contributed by atoms with Crippen LogP contribution in [0.3, 0.4) is 0 Å². The highest BCUT2D eigenvalue weighted by Crippen LogP contribution is 2.20. The Hall–Kier alpha value is -0.910. The minimum Gasteiger partial charge on any atom is -0.409 e. The van der Waals surface area contributed by atoms with E-state index in [1.165, 1.54) is 24.3 Å². The minimum absolute atomic E-state index is 0.0742. The molecule has 1 atom stereocenters. The summed E-state index contributed by atoms with van der Waals surface area (Å²) in [6.07, 6.45) is 2.51. The summed E-state index contributed by atoms with van der Waals surface area (Å²) < 4.78 is 0. The van der Waals surface area contributed by atoms with Gasteiger partial charge in [0.1, 0.15) is 0 Å². The summed E-state index contributed by atoms with van der Waals surface area (Å²) in [5, 5.41) is 15.8. The van der Waals surface area contributed by atoms with Gasteiger partial charge in [0.25, 0.3) is 0 Å². The van der Waals surface area contributed by atoms with Gasteiger partial charge in [0.15, 0.2) is 5.84 Å². The van der Waals surface area contributed by atoms with Gasteiger partial charge in [-0.3, -0.25) is 0 Å². The monoisotopic (exact) mass is 299 g/mol. The fraction of sp³-hybridized carbons (Fsp3) is 0.462. The Kier molecular flexibility index (Phi) is 5.36. The maximum atomic E-state index is 8.63. The predicted molar refractivity (Wildman–Crippen MR) is 81.1 cm³/mol. The Morgan fingerprint density at radius 2 is 2.42 bits per heavy atom. The molecule has 1 heterocycles. The lowest BCUT2D eigenvalue weighted by Gasteiger charge is -2.22. The zero-order valence-electron chi connectivity index (χ0n) is 10.6. The van der Waals surface area contributed by atoms with Crippen LogP contribution in [-0.4, -0.2) is 28.6 Å². The molecule has 1 aliphatic heterocycles. The molecule has 1 unspecified atom stereocenters. The summed E-state index contributed by atoms with van der Waals surface area (Å²) in [7, 11) is 0. The summed E-state index contributed by atoms with van der Waals surface area (Å²) >= 11 is 8.21. The molecule has 6 heteroatoms. The lowest BCUT2D eigenvalue weighted by atomic mass is 10.1. The van der Waals surface area contributed by atoms with Gasteiger partial charge in [0.05, 0.1) is 0 Å². The van der Waals surface area contributed by atoms with Gasteiger partial charge in [-0.05, 0) is 30.2 Å². The van der Waals surface area contributed by atoms with Crippen molar-refractivity contribution in [1.82, 2.24) is 5.32 Å². The number of benzene rings is 1. The van der Waals surface area contributed by atoms with E-state index in [1.54, 1.807) is 6.07 Å². The molecule has 0 bridgehead atoms. The summed E-state index contributed by atoms with van der Waals surface area (Å²) in [4.78, 5) is 0. The molecule has 0 amide bonds. The van der Waals surface area contributed by atoms with E-state index < -0.39 is 0 Å². The van der Waals surface area contributed by atoms with Crippen molar-refractivity contribution in [2.75, 3.05) is 11.5 Å². The van der Waals surface area contributed by atoms with E-state index in [-0.39, 0.29) is 5.84 Å². The summed E-state index contributed by atoms with van der Waals surface area (Å²) in [5.74, 6) is 2.51. The lowest BCUT2D eigenvalue weighted by Crippen LogP contribution is -2.33. The first kappa shape index (κ1) is 14.5. The quantitative estimate of drug-likeness (QED) is 0.346. The number of nitrogens with two attached hydrogens (primary N) is 1. The van der Waals surface area contributed by atoms with Gasteiger partial charge in [0.2, 0.25) is 0 Å². The standard InChI is InChI=1S/C13H18ClN3OS/c14-12-6-9(13(15)17-18)3-4-10(12)7-16-11-2-1-5-19-8-11/h3-4,6,11,16,18H,1-2,5,7-8H2,(H2,15,17). The second-order valence-electron chi connectivity index (χ2n) is 4.59. The molecule has 1 aromatic carbocycles. The summed E-state index contributed by atoms with van der Waals surface area (Å²) in [5.41, 5.74) is 7.19. The highest BCUT2D eigenvalue weighted by atomic mass is 35.5. The second-order valence-corrected chi connectivity index (χ2v) is 6.14. The molecule has 0 spiro atoms. The number of thioether (sulfide) groups is 1. The number of nitrogens with one attached hydrogen (secondary N) is 1. The molecule has 1 aromatic rings. The highest BCUT2D eigenvalue weighted by molar-refractivity contribution is 7.99. The van der Waals surface area contributed by atoms with Crippen molar-refractivity contribution in [3.8, 4) is 0 Å². The molecule has 0 radical (unpaired) electrons. The fourth-order valence-electron chi connectivity index (χ4n) is 2.06. The van der Waals surface area contributed by atoms with E-state index in [9.17, 15) is 0 Å². The van der Waals surface area contributed by atoms with Crippen LogP contribution >= 0.6 is 23.4 Å². The van der Waals surface area contributed by atoms with Gasteiger partial charge in [-0.25, -0.2) is 0 Å². The molecule has 1 fully saturated rings. The van der Waals surface area contributed by atoms with Crippen LogP contribution in [0.1, 0.15) is 24.0 Å². The molecule has 104 valence electrons. The number of oxime groups is 1. The molecule has 4 N–H and O–H groups in total. The average Bonchev–Trinajstić information content (AvgIpc) is 2.46. The molecule has 1 aliphatic rings. The second kappa shape index (κ2) is 7.03. The Bertz CT molecular complexity index is 461. The normalized spacial score (nSPS) is 20.5. The smallest absolute Gasteiger partial charge is 0.170 e. The van der Waals surface area contributed by atoms with Crippen LogP contribution in [0.4, 0.5) is 0 Å².